The Morgan fingerprint density at radius 1 is 1.35 bits per heavy atom. The Morgan fingerprint density at radius 3 is 2.65 bits per heavy atom. The Labute approximate surface area is 116 Å². The summed E-state index contributed by atoms with van der Waals surface area (Å²) >= 11 is 2.32. The fraction of sp³-hybridized carbons (Fsp3) is 0.462. The number of ether oxygens (including phenoxy) is 1. The van der Waals surface area contributed by atoms with E-state index in [9.17, 15) is 4.79 Å². The molecule has 17 heavy (non-hydrogen) atoms. The number of rotatable bonds is 6. The second kappa shape index (κ2) is 7.66. The van der Waals surface area contributed by atoms with Crippen molar-refractivity contribution in [2.75, 3.05) is 19.7 Å². The maximum Gasteiger partial charge on any atom is 0.320 e. The van der Waals surface area contributed by atoms with E-state index in [4.69, 9.17) is 4.74 Å². The van der Waals surface area contributed by atoms with Gasteiger partial charge >= 0.3 is 5.97 Å². The van der Waals surface area contributed by atoms with Crippen LogP contribution in [0.25, 0.3) is 0 Å². The van der Waals surface area contributed by atoms with Gasteiger partial charge in [-0.2, -0.15) is 0 Å². The van der Waals surface area contributed by atoms with Gasteiger partial charge in [0.05, 0.1) is 13.2 Å². The minimum Gasteiger partial charge on any atom is -0.465 e. The van der Waals surface area contributed by atoms with Crippen molar-refractivity contribution in [1.29, 1.82) is 0 Å². The molecule has 4 heteroatoms. The average molecular weight is 345 g/mol. The Hall–Kier alpha value is -0.620. The summed E-state index contributed by atoms with van der Waals surface area (Å²) < 4.78 is 6.19. The summed E-state index contributed by atoms with van der Waals surface area (Å²) in [7, 11) is 0. The van der Waals surface area contributed by atoms with E-state index in [1.165, 1.54) is 9.13 Å². The third-order valence-electron chi connectivity index (χ3n) is 2.46. The third-order valence-corrected chi connectivity index (χ3v) is 3.51. The summed E-state index contributed by atoms with van der Waals surface area (Å²) in [6.07, 6.45) is 0. The van der Waals surface area contributed by atoms with E-state index < -0.39 is 0 Å². The molecule has 94 valence electrons. The van der Waals surface area contributed by atoms with E-state index in [2.05, 4.69) is 46.5 Å². The van der Waals surface area contributed by atoms with Gasteiger partial charge in [-0.05, 0) is 47.7 Å². The van der Waals surface area contributed by atoms with Crippen LogP contribution < -0.4 is 0 Å². The number of benzene rings is 1. The zero-order valence-electron chi connectivity index (χ0n) is 10.3. The molecule has 0 aromatic heterocycles. The van der Waals surface area contributed by atoms with E-state index in [0.29, 0.717) is 13.2 Å². The molecule has 0 spiro atoms. The average Bonchev–Trinajstić information content (AvgIpc) is 2.31. The summed E-state index contributed by atoms with van der Waals surface area (Å²) in [5, 5.41) is 0. The van der Waals surface area contributed by atoms with Gasteiger partial charge in [0.25, 0.3) is 0 Å². The van der Waals surface area contributed by atoms with Gasteiger partial charge in [-0.3, -0.25) is 9.69 Å². The lowest BCUT2D eigenvalue weighted by molar-refractivity contribution is -0.144. The highest BCUT2D eigenvalue weighted by Crippen LogP contribution is 2.13. The standard InChI is InChI=1S/C13H18INO2/c1-3-15(10-13(16)17-4-2)9-11-7-5-6-8-12(11)14/h5-8H,3-4,9-10H2,1-2H3/i14-2. The van der Waals surface area contributed by atoms with Crippen molar-refractivity contribution in [1.82, 2.24) is 4.90 Å². The zero-order chi connectivity index (χ0) is 12.7. The summed E-state index contributed by atoms with van der Waals surface area (Å²) in [6.45, 7) is 6.30. The fourth-order valence-corrected chi connectivity index (χ4v) is 2.09. The van der Waals surface area contributed by atoms with E-state index in [0.717, 1.165) is 13.1 Å². The van der Waals surface area contributed by atoms with Gasteiger partial charge in [-0.15, -0.1) is 0 Å². The number of hydrogen-bond acceptors (Lipinski definition) is 3. The molecule has 0 unspecified atom stereocenters. The molecule has 0 radical (unpaired) electrons. The largest absolute Gasteiger partial charge is 0.465 e. The van der Waals surface area contributed by atoms with E-state index >= 15 is 0 Å². The summed E-state index contributed by atoms with van der Waals surface area (Å²) in [4.78, 5) is 13.5. The highest BCUT2D eigenvalue weighted by molar-refractivity contribution is 14.1. The lowest BCUT2D eigenvalue weighted by Crippen LogP contribution is -2.30. The number of nitrogens with zero attached hydrogens (tertiary/aromatic N) is 1. The molecule has 0 heterocycles. The van der Waals surface area contributed by atoms with Crippen molar-refractivity contribution >= 4 is 28.6 Å². The van der Waals surface area contributed by atoms with Crippen molar-refractivity contribution in [3.8, 4) is 0 Å². The highest BCUT2D eigenvalue weighted by atomic mass is 125. The quantitative estimate of drug-likeness (QED) is 0.587. The molecule has 0 saturated carbocycles. The first kappa shape index (κ1) is 14.4. The van der Waals surface area contributed by atoms with Crippen LogP contribution in [0.4, 0.5) is 0 Å². The molecular formula is C13H18INO2. The number of esters is 1. The second-order valence-electron chi connectivity index (χ2n) is 3.70. The number of likely N-dealkylation sites (N-methyl/N-ethyl adjacent to an activating group) is 1. The van der Waals surface area contributed by atoms with Crippen molar-refractivity contribution in [3.63, 3.8) is 0 Å². The first-order valence-electron chi connectivity index (χ1n) is 5.78. The smallest absolute Gasteiger partial charge is 0.320 e. The molecule has 0 bridgehead atoms. The van der Waals surface area contributed by atoms with Gasteiger partial charge in [0.15, 0.2) is 0 Å². The van der Waals surface area contributed by atoms with Crippen LogP contribution in [0.1, 0.15) is 19.4 Å². The summed E-state index contributed by atoms with van der Waals surface area (Å²) in [5.41, 5.74) is 1.25. The van der Waals surface area contributed by atoms with Gasteiger partial charge in [0, 0.05) is 10.1 Å². The molecule has 3 nitrogen and oxygen atoms in total. The van der Waals surface area contributed by atoms with Crippen LogP contribution >= 0.6 is 22.6 Å². The lowest BCUT2D eigenvalue weighted by atomic mass is 10.2. The van der Waals surface area contributed by atoms with Crippen LogP contribution in [-0.2, 0) is 16.1 Å². The molecule has 1 aromatic carbocycles. The maximum atomic E-state index is 11.4. The number of hydrogen-bond donors (Lipinski definition) is 0. The van der Waals surface area contributed by atoms with Crippen LogP contribution in [0.2, 0.25) is 0 Å². The molecule has 1 rings (SSSR count). The minimum absolute atomic E-state index is 0.153. The van der Waals surface area contributed by atoms with Crippen LogP contribution in [0.5, 0.6) is 0 Å². The van der Waals surface area contributed by atoms with Crippen molar-refractivity contribution in [2.45, 2.75) is 20.4 Å². The van der Waals surface area contributed by atoms with E-state index in [1.807, 2.05) is 19.1 Å². The third kappa shape index (κ3) is 5.04. The molecule has 0 fully saturated rings. The second-order valence-corrected chi connectivity index (χ2v) is 4.86. The van der Waals surface area contributed by atoms with Gasteiger partial charge in [-0.1, -0.05) is 25.1 Å². The van der Waals surface area contributed by atoms with Gasteiger partial charge < -0.3 is 4.74 Å². The number of carbonyl (C=O) groups excluding carboxylic acids is 1. The van der Waals surface area contributed by atoms with Crippen molar-refractivity contribution < 1.29 is 9.53 Å². The van der Waals surface area contributed by atoms with E-state index in [1.54, 1.807) is 0 Å². The van der Waals surface area contributed by atoms with Crippen LogP contribution in [-0.4, -0.2) is 30.6 Å². The van der Waals surface area contributed by atoms with Crippen molar-refractivity contribution in [3.05, 3.63) is 33.4 Å². The monoisotopic (exact) mass is 345 g/mol. The molecule has 0 saturated heterocycles. The number of halogens is 1. The summed E-state index contributed by atoms with van der Waals surface area (Å²) in [6, 6.07) is 8.21. The predicted molar refractivity (Wildman–Crippen MR) is 76.7 cm³/mol. The molecule has 0 aliphatic carbocycles. The summed E-state index contributed by atoms with van der Waals surface area (Å²) in [5.74, 6) is -0.153. The first-order valence-corrected chi connectivity index (χ1v) is 6.86. The van der Waals surface area contributed by atoms with Crippen molar-refractivity contribution in [2.24, 2.45) is 0 Å². The van der Waals surface area contributed by atoms with Crippen LogP contribution in [0, 0.1) is 3.57 Å². The molecular weight excluding hydrogens is 327 g/mol. The van der Waals surface area contributed by atoms with Crippen LogP contribution in [0.3, 0.4) is 0 Å². The predicted octanol–water partition coefficient (Wildman–Crippen LogP) is 2.68. The highest BCUT2D eigenvalue weighted by Gasteiger charge is 2.11. The van der Waals surface area contributed by atoms with E-state index in [-0.39, 0.29) is 5.97 Å². The maximum absolute atomic E-state index is 11.4. The normalized spacial score (nSPS) is 10.6. The van der Waals surface area contributed by atoms with Gasteiger partial charge in [-0.25, -0.2) is 0 Å². The molecule has 0 amide bonds. The zero-order valence-corrected chi connectivity index (χ0v) is 12.4. The first-order chi connectivity index (χ1) is 8.17. The van der Waals surface area contributed by atoms with Crippen LogP contribution in [0.15, 0.2) is 24.3 Å². The SMILES string of the molecule is CCOC(=O)CN(CC)Cc1ccccc1[125I]. The Morgan fingerprint density at radius 2 is 2.06 bits per heavy atom. The molecule has 0 N–H and O–H groups in total. The molecule has 0 aliphatic rings. The Balaban J connectivity index is 2.58. The molecule has 0 aliphatic heterocycles. The lowest BCUT2D eigenvalue weighted by Gasteiger charge is -2.19. The molecule has 0 atom stereocenters. The topological polar surface area (TPSA) is 29.5 Å². The Bertz CT molecular complexity index is 368. The molecule has 1 aromatic rings. The van der Waals surface area contributed by atoms with Gasteiger partial charge in [0.2, 0.25) is 0 Å². The minimum atomic E-state index is -0.153. The Kier molecular flexibility index (Phi) is 6.50. The number of carbonyl (C=O) groups is 1. The van der Waals surface area contributed by atoms with Gasteiger partial charge in [0.1, 0.15) is 0 Å². The fourth-order valence-electron chi connectivity index (χ4n) is 1.54.